The summed E-state index contributed by atoms with van der Waals surface area (Å²) >= 11 is 0. The first-order chi connectivity index (χ1) is 8.56. The Labute approximate surface area is 115 Å². The normalized spacial score (nSPS) is 25.8. The minimum atomic E-state index is 0.485. The van der Waals surface area contributed by atoms with Crippen LogP contribution in [-0.2, 0) is 0 Å². The number of likely N-dealkylation sites (tertiary alicyclic amines) is 1. The smallest absolute Gasteiger partial charge is 0.00502 e. The number of hydrogen-bond donors (Lipinski definition) is 1. The maximum absolute atomic E-state index is 3.65. The van der Waals surface area contributed by atoms with Crippen LogP contribution in [0.2, 0.25) is 0 Å². The molecule has 2 atom stereocenters. The second kappa shape index (κ2) is 7.49. The van der Waals surface area contributed by atoms with Gasteiger partial charge in [-0.15, -0.1) is 0 Å². The molecule has 1 N–H and O–H groups in total. The van der Waals surface area contributed by atoms with Gasteiger partial charge in [0.05, 0.1) is 0 Å². The van der Waals surface area contributed by atoms with Crippen LogP contribution in [0.25, 0.3) is 0 Å². The van der Waals surface area contributed by atoms with Crippen molar-refractivity contribution in [3.63, 3.8) is 0 Å². The van der Waals surface area contributed by atoms with E-state index in [2.05, 4.69) is 44.8 Å². The Kier molecular flexibility index (Phi) is 6.65. The van der Waals surface area contributed by atoms with Gasteiger partial charge in [0, 0.05) is 26.2 Å². The Morgan fingerprint density at radius 3 is 2.06 bits per heavy atom. The largest absolute Gasteiger partial charge is 0.316 e. The molecule has 0 aromatic carbocycles. The molecule has 0 aromatic heterocycles. The fourth-order valence-corrected chi connectivity index (χ4v) is 3.16. The SMILES string of the molecule is CCCNCC(CC)(CC)CN1CC(C)C(C)C1. The van der Waals surface area contributed by atoms with E-state index in [0.29, 0.717) is 5.41 Å². The van der Waals surface area contributed by atoms with Crippen molar-refractivity contribution in [1.82, 2.24) is 10.2 Å². The lowest BCUT2D eigenvalue weighted by Gasteiger charge is -2.36. The first-order valence-electron chi connectivity index (χ1n) is 8.00. The Balaban J connectivity index is 2.51. The average Bonchev–Trinajstić information content (AvgIpc) is 2.67. The van der Waals surface area contributed by atoms with E-state index in [1.807, 2.05) is 0 Å². The molecule has 18 heavy (non-hydrogen) atoms. The van der Waals surface area contributed by atoms with Gasteiger partial charge in [-0.3, -0.25) is 0 Å². The molecule has 0 saturated carbocycles. The lowest BCUT2D eigenvalue weighted by Crippen LogP contribution is -2.43. The summed E-state index contributed by atoms with van der Waals surface area (Å²) in [5.41, 5.74) is 0.485. The molecule has 0 aromatic rings. The summed E-state index contributed by atoms with van der Waals surface area (Å²) in [5.74, 6) is 1.75. The number of nitrogens with one attached hydrogen (secondary N) is 1. The van der Waals surface area contributed by atoms with E-state index in [1.54, 1.807) is 0 Å². The fourth-order valence-electron chi connectivity index (χ4n) is 3.16. The van der Waals surface area contributed by atoms with Crippen LogP contribution < -0.4 is 5.32 Å². The first kappa shape index (κ1) is 16.0. The molecule has 1 fully saturated rings. The van der Waals surface area contributed by atoms with E-state index in [9.17, 15) is 0 Å². The zero-order chi connectivity index (χ0) is 13.6. The summed E-state index contributed by atoms with van der Waals surface area (Å²) < 4.78 is 0. The Morgan fingerprint density at radius 2 is 1.61 bits per heavy atom. The number of nitrogens with zero attached hydrogens (tertiary/aromatic N) is 1. The Bertz CT molecular complexity index is 213. The minimum Gasteiger partial charge on any atom is -0.316 e. The maximum atomic E-state index is 3.65. The molecule has 2 unspecified atom stereocenters. The van der Waals surface area contributed by atoms with Crippen LogP contribution in [0.5, 0.6) is 0 Å². The molecule has 0 spiro atoms. The van der Waals surface area contributed by atoms with E-state index in [1.165, 1.54) is 45.4 Å². The van der Waals surface area contributed by atoms with E-state index < -0.39 is 0 Å². The minimum absolute atomic E-state index is 0.485. The van der Waals surface area contributed by atoms with Crippen molar-refractivity contribution in [2.75, 3.05) is 32.7 Å². The van der Waals surface area contributed by atoms with Gasteiger partial charge in [0.1, 0.15) is 0 Å². The van der Waals surface area contributed by atoms with E-state index in [-0.39, 0.29) is 0 Å². The van der Waals surface area contributed by atoms with Crippen molar-refractivity contribution in [2.24, 2.45) is 17.3 Å². The van der Waals surface area contributed by atoms with Crippen molar-refractivity contribution in [2.45, 2.75) is 53.9 Å². The summed E-state index contributed by atoms with van der Waals surface area (Å²) in [4.78, 5) is 2.70. The highest BCUT2D eigenvalue weighted by Crippen LogP contribution is 2.31. The highest BCUT2D eigenvalue weighted by molar-refractivity contribution is 4.87. The topological polar surface area (TPSA) is 15.3 Å². The fraction of sp³-hybridized carbons (Fsp3) is 1.00. The van der Waals surface area contributed by atoms with Crippen LogP contribution in [0.4, 0.5) is 0 Å². The summed E-state index contributed by atoms with van der Waals surface area (Å²) in [6.45, 7) is 18.0. The predicted octanol–water partition coefficient (Wildman–Crippen LogP) is 3.38. The first-order valence-corrected chi connectivity index (χ1v) is 8.00. The monoisotopic (exact) mass is 254 g/mol. The molecule has 1 aliphatic rings. The molecule has 1 saturated heterocycles. The molecule has 0 aliphatic carbocycles. The van der Waals surface area contributed by atoms with E-state index >= 15 is 0 Å². The van der Waals surface area contributed by atoms with Crippen molar-refractivity contribution >= 4 is 0 Å². The van der Waals surface area contributed by atoms with Gasteiger partial charge in [-0.05, 0) is 43.1 Å². The second-order valence-corrected chi connectivity index (χ2v) is 6.53. The zero-order valence-corrected chi connectivity index (χ0v) is 13.3. The average molecular weight is 254 g/mol. The molecule has 0 amide bonds. The van der Waals surface area contributed by atoms with Gasteiger partial charge in [-0.1, -0.05) is 34.6 Å². The molecule has 1 rings (SSSR count). The van der Waals surface area contributed by atoms with Gasteiger partial charge in [0.15, 0.2) is 0 Å². The van der Waals surface area contributed by atoms with E-state index in [4.69, 9.17) is 0 Å². The predicted molar refractivity (Wildman–Crippen MR) is 80.9 cm³/mol. The molecule has 0 radical (unpaired) electrons. The van der Waals surface area contributed by atoms with Gasteiger partial charge >= 0.3 is 0 Å². The van der Waals surface area contributed by atoms with Gasteiger partial charge in [-0.2, -0.15) is 0 Å². The van der Waals surface area contributed by atoms with Crippen LogP contribution in [0.1, 0.15) is 53.9 Å². The highest BCUT2D eigenvalue weighted by atomic mass is 15.2. The van der Waals surface area contributed by atoms with Crippen LogP contribution in [0.3, 0.4) is 0 Å². The van der Waals surface area contributed by atoms with Crippen molar-refractivity contribution in [3.05, 3.63) is 0 Å². The summed E-state index contributed by atoms with van der Waals surface area (Å²) in [6.07, 6.45) is 3.82. The third kappa shape index (κ3) is 4.24. The Morgan fingerprint density at radius 1 is 1.06 bits per heavy atom. The van der Waals surface area contributed by atoms with Gasteiger partial charge in [-0.25, -0.2) is 0 Å². The molecular formula is C16H34N2. The van der Waals surface area contributed by atoms with Crippen molar-refractivity contribution in [3.8, 4) is 0 Å². The van der Waals surface area contributed by atoms with Crippen LogP contribution in [0, 0.1) is 17.3 Å². The van der Waals surface area contributed by atoms with Crippen LogP contribution >= 0.6 is 0 Å². The lowest BCUT2D eigenvalue weighted by atomic mass is 9.81. The van der Waals surface area contributed by atoms with Crippen LogP contribution in [-0.4, -0.2) is 37.6 Å². The molecule has 1 heterocycles. The molecule has 2 nitrogen and oxygen atoms in total. The Hall–Kier alpha value is -0.0800. The standard InChI is InChI=1S/C16H34N2/c1-6-9-17-12-16(7-2,8-3)13-18-10-14(4)15(5)11-18/h14-15,17H,6-13H2,1-5H3. The second-order valence-electron chi connectivity index (χ2n) is 6.53. The summed E-state index contributed by atoms with van der Waals surface area (Å²) in [5, 5.41) is 3.65. The quantitative estimate of drug-likeness (QED) is 0.668. The molecule has 108 valence electrons. The number of rotatable bonds is 8. The summed E-state index contributed by atoms with van der Waals surface area (Å²) in [7, 11) is 0. The van der Waals surface area contributed by atoms with Gasteiger partial charge in [0.25, 0.3) is 0 Å². The maximum Gasteiger partial charge on any atom is 0.00502 e. The zero-order valence-electron chi connectivity index (χ0n) is 13.3. The third-order valence-electron chi connectivity index (χ3n) is 5.05. The van der Waals surface area contributed by atoms with Gasteiger partial charge in [0.2, 0.25) is 0 Å². The molecule has 2 heteroatoms. The van der Waals surface area contributed by atoms with E-state index in [0.717, 1.165) is 18.4 Å². The molecule has 1 aliphatic heterocycles. The van der Waals surface area contributed by atoms with Gasteiger partial charge < -0.3 is 10.2 Å². The highest BCUT2D eigenvalue weighted by Gasteiger charge is 2.33. The lowest BCUT2D eigenvalue weighted by molar-refractivity contribution is 0.150. The van der Waals surface area contributed by atoms with Crippen LogP contribution in [0.15, 0.2) is 0 Å². The van der Waals surface area contributed by atoms with Crippen molar-refractivity contribution in [1.29, 1.82) is 0 Å². The molecular weight excluding hydrogens is 220 g/mol. The van der Waals surface area contributed by atoms with Crippen molar-refractivity contribution < 1.29 is 0 Å². The number of hydrogen-bond acceptors (Lipinski definition) is 2. The molecule has 0 bridgehead atoms. The third-order valence-corrected chi connectivity index (χ3v) is 5.05. The summed E-state index contributed by atoms with van der Waals surface area (Å²) in [6, 6.07) is 0.